The van der Waals surface area contributed by atoms with Crippen LogP contribution in [0.5, 0.6) is 0 Å². The minimum Gasteiger partial charge on any atom is -0.475 e. The fourth-order valence-corrected chi connectivity index (χ4v) is 1.82. The smallest absolute Gasteiger partial charge is 0.475 e. The Morgan fingerprint density at radius 1 is 1.25 bits per heavy atom. The lowest BCUT2D eigenvalue weighted by Crippen LogP contribution is -2.32. The maximum Gasteiger partial charge on any atom is 0.490 e. The van der Waals surface area contributed by atoms with Crippen molar-refractivity contribution in [2.45, 2.75) is 32.0 Å². The van der Waals surface area contributed by atoms with Crippen LogP contribution >= 0.6 is 0 Å². The number of aliphatic carboxylic acids is 1. The number of likely N-dealkylation sites (N-methyl/N-ethyl adjacent to an activating group) is 1. The molecule has 3 N–H and O–H groups in total. The summed E-state index contributed by atoms with van der Waals surface area (Å²) in [5, 5.41) is 25.1. The summed E-state index contributed by atoms with van der Waals surface area (Å²) in [6.07, 6.45) is -3.59. The molecule has 0 aliphatic heterocycles. The zero-order valence-corrected chi connectivity index (χ0v) is 13.8. The summed E-state index contributed by atoms with van der Waals surface area (Å²) in [4.78, 5) is 10.9. The molecule has 0 aliphatic carbocycles. The summed E-state index contributed by atoms with van der Waals surface area (Å²) < 4.78 is 31.7. The van der Waals surface area contributed by atoms with Crippen molar-refractivity contribution >= 4 is 5.97 Å². The van der Waals surface area contributed by atoms with Crippen LogP contribution in [0.1, 0.15) is 17.5 Å². The van der Waals surface area contributed by atoms with Gasteiger partial charge in [-0.3, -0.25) is 0 Å². The zero-order valence-electron chi connectivity index (χ0n) is 13.8. The van der Waals surface area contributed by atoms with Crippen LogP contribution in [-0.2, 0) is 11.2 Å². The number of alkyl halides is 3. The Morgan fingerprint density at radius 2 is 1.75 bits per heavy atom. The highest BCUT2D eigenvalue weighted by molar-refractivity contribution is 5.73. The predicted octanol–water partition coefficient (Wildman–Crippen LogP) is 1.85. The number of carboxylic acid groups (broad SMARTS) is 1. The third-order valence-corrected chi connectivity index (χ3v) is 3.10. The van der Waals surface area contributed by atoms with Crippen LogP contribution in [-0.4, -0.2) is 65.2 Å². The van der Waals surface area contributed by atoms with E-state index in [2.05, 4.69) is 36.1 Å². The Bertz CT molecular complexity index is 477. The van der Waals surface area contributed by atoms with E-state index in [9.17, 15) is 18.3 Å². The summed E-state index contributed by atoms with van der Waals surface area (Å²) >= 11 is 0. The first kappa shape index (κ1) is 22.4. The summed E-state index contributed by atoms with van der Waals surface area (Å²) in [7, 11) is 1.97. The molecular formula is C16H24F3NO4. The number of aliphatic hydroxyl groups is 2. The number of benzene rings is 1. The lowest BCUT2D eigenvalue weighted by molar-refractivity contribution is -0.192. The minimum atomic E-state index is -5.08. The first-order valence-electron chi connectivity index (χ1n) is 7.39. The van der Waals surface area contributed by atoms with Crippen LogP contribution in [0.25, 0.3) is 0 Å². The van der Waals surface area contributed by atoms with Crippen molar-refractivity contribution in [3.63, 3.8) is 0 Å². The van der Waals surface area contributed by atoms with Crippen LogP contribution < -0.4 is 0 Å². The molecule has 0 saturated carbocycles. The number of halogens is 3. The van der Waals surface area contributed by atoms with Crippen molar-refractivity contribution in [2.24, 2.45) is 0 Å². The van der Waals surface area contributed by atoms with Crippen molar-refractivity contribution in [1.29, 1.82) is 0 Å². The minimum absolute atomic E-state index is 0.164. The lowest BCUT2D eigenvalue weighted by atomic mass is 10.1. The molecule has 1 aromatic carbocycles. The van der Waals surface area contributed by atoms with Crippen molar-refractivity contribution in [2.75, 3.05) is 26.7 Å². The van der Waals surface area contributed by atoms with Crippen molar-refractivity contribution < 1.29 is 33.3 Å². The monoisotopic (exact) mass is 351 g/mol. The maximum absolute atomic E-state index is 10.6. The second-order valence-corrected chi connectivity index (χ2v) is 5.49. The molecule has 5 nitrogen and oxygen atoms in total. The Hall–Kier alpha value is -1.64. The predicted molar refractivity (Wildman–Crippen MR) is 83.8 cm³/mol. The van der Waals surface area contributed by atoms with E-state index in [-0.39, 0.29) is 6.61 Å². The summed E-state index contributed by atoms with van der Waals surface area (Å²) in [5.41, 5.74) is 2.64. The number of nitrogens with zero attached hydrogens (tertiary/aromatic N) is 1. The average Bonchev–Trinajstić information content (AvgIpc) is 2.48. The highest BCUT2D eigenvalue weighted by atomic mass is 19.4. The van der Waals surface area contributed by atoms with E-state index in [0.717, 1.165) is 19.4 Å². The Balaban J connectivity index is 0.000000640. The standard InChI is InChI=1S/C14H23NO2.C2HF3O2/c1-12-5-7-13(8-6-12)4-3-9-15(2)10-14(17)11-16;3-2(4,5)1(6)7/h5-8,14,16-17H,3-4,9-11H2,1-2H3;(H,6,7). The molecule has 0 aliphatic rings. The van der Waals surface area contributed by atoms with E-state index in [1.165, 1.54) is 11.1 Å². The van der Waals surface area contributed by atoms with E-state index in [0.29, 0.717) is 6.54 Å². The number of rotatable bonds is 7. The van der Waals surface area contributed by atoms with Gasteiger partial charge in [-0.25, -0.2) is 4.79 Å². The van der Waals surface area contributed by atoms with Gasteiger partial charge in [0.15, 0.2) is 0 Å². The van der Waals surface area contributed by atoms with Crippen LogP contribution in [0.2, 0.25) is 0 Å². The first-order valence-corrected chi connectivity index (χ1v) is 7.39. The molecule has 1 unspecified atom stereocenters. The Labute approximate surface area is 139 Å². The van der Waals surface area contributed by atoms with Gasteiger partial charge in [0.1, 0.15) is 0 Å². The Morgan fingerprint density at radius 3 is 2.17 bits per heavy atom. The van der Waals surface area contributed by atoms with Gasteiger partial charge in [-0.1, -0.05) is 29.8 Å². The first-order chi connectivity index (χ1) is 11.1. The van der Waals surface area contributed by atoms with E-state index < -0.39 is 18.2 Å². The van der Waals surface area contributed by atoms with Gasteiger partial charge in [0.2, 0.25) is 0 Å². The number of carbonyl (C=O) groups is 1. The summed E-state index contributed by atoms with van der Waals surface area (Å²) in [5.74, 6) is -2.76. The molecule has 24 heavy (non-hydrogen) atoms. The second-order valence-electron chi connectivity index (χ2n) is 5.49. The normalized spacial score (nSPS) is 12.5. The van der Waals surface area contributed by atoms with Gasteiger partial charge >= 0.3 is 12.1 Å². The van der Waals surface area contributed by atoms with E-state index >= 15 is 0 Å². The fraction of sp³-hybridized carbons (Fsp3) is 0.562. The van der Waals surface area contributed by atoms with E-state index in [4.69, 9.17) is 15.0 Å². The molecule has 1 aromatic rings. The third kappa shape index (κ3) is 11.0. The molecule has 8 heteroatoms. The van der Waals surface area contributed by atoms with Crippen LogP contribution in [0.15, 0.2) is 24.3 Å². The number of aryl methyl sites for hydroxylation is 2. The summed E-state index contributed by atoms with van der Waals surface area (Å²) in [6.45, 7) is 3.39. The van der Waals surface area contributed by atoms with Gasteiger partial charge in [-0.15, -0.1) is 0 Å². The highest BCUT2D eigenvalue weighted by Crippen LogP contribution is 2.13. The summed E-state index contributed by atoms with van der Waals surface area (Å²) in [6, 6.07) is 8.60. The average molecular weight is 351 g/mol. The fourth-order valence-electron chi connectivity index (χ4n) is 1.82. The molecule has 1 rings (SSSR count). The zero-order chi connectivity index (χ0) is 18.8. The molecule has 138 valence electrons. The van der Waals surface area contributed by atoms with Crippen LogP contribution in [0, 0.1) is 6.92 Å². The molecule has 0 bridgehead atoms. The van der Waals surface area contributed by atoms with E-state index in [1.807, 2.05) is 7.05 Å². The molecule has 0 spiro atoms. The molecule has 0 heterocycles. The van der Waals surface area contributed by atoms with Gasteiger partial charge in [-0.2, -0.15) is 13.2 Å². The number of hydrogen-bond acceptors (Lipinski definition) is 4. The number of aliphatic hydroxyl groups excluding tert-OH is 2. The van der Waals surface area contributed by atoms with Crippen LogP contribution in [0.4, 0.5) is 13.2 Å². The lowest BCUT2D eigenvalue weighted by Gasteiger charge is -2.19. The second kappa shape index (κ2) is 11.0. The SMILES string of the molecule is Cc1ccc(CCCN(C)CC(O)CO)cc1.O=C(O)C(F)(F)F. The van der Waals surface area contributed by atoms with Crippen molar-refractivity contribution in [3.8, 4) is 0 Å². The molecule has 0 aromatic heterocycles. The molecule has 0 radical (unpaired) electrons. The van der Waals surface area contributed by atoms with Crippen LogP contribution in [0.3, 0.4) is 0 Å². The molecular weight excluding hydrogens is 327 g/mol. The molecule has 1 atom stereocenters. The Kier molecular flexibility index (Phi) is 10.3. The molecule has 0 fully saturated rings. The third-order valence-electron chi connectivity index (χ3n) is 3.10. The van der Waals surface area contributed by atoms with Gasteiger partial charge in [0, 0.05) is 6.54 Å². The van der Waals surface area contributed by atoms with Gasteiger partial charge < -0.3 is 20.2 Å². The van der Waals surface area contributed by atoms with E-state index in [1.54, 1.807) is 0 Å². The largest absolute Gasteiger partial charge is 0.490 e. The molecule has 0 saturated heterocycles. The van der Waals surface area contributed by atoms with Crippen molar-refractivity contribution in [3.05, 3.63) is 35.4 Å². The van der Waals surface area contributed by atoms with Crippen molar-refractivity contribution in [1.82, 2.24) is 4.90 Å². The topological polar surface area (TPSA) is 81.0 Å². The number of hydrogen-bond donors (Lipinski definition) is 3. The highest BCUT2D eigenvalue weighted by Gasteiger charge is 2.38. The van der Waals surface area contributed by atoms with Gasteiger partial charge in [-0.05, 0) is 38.9 Å². The maximum atomic E-state index is 10.6. The van der Waals surface area contributed by atoms with Gasteiger partial charge in [0.05, 0.1) is 12.7 Å². The molecule has 0 amide bonds. The van der Waals surface area contributed by atoms with Gasteiger partial charge in [0.25, 0.3) is 0 Å². The quantitative estimate of drug-likeness (QED) is 0.699. The number of carboxylic acids is 1.